The predicted molar refractivity (Wildman–Crippen MR) is 129 cm³/mol. The van der Waals surface area contributed by atoms with E-state index in [0.717, 1.165) is 44.5 Å². The molecule has 0 saturated carbocycles. The number of likely N-dealkylation sites (tertiary alicyclic amines) is 2. The van der Waals surface area contributed by atoms with Crippen LogP contribution in [0.4, 0.5) is 14.7 Å². The molecule has 1 aliphatic carbocycles. The monoisotopic (exact) mass is 478 g/mol. The average molecular weight is 479 g/mol. The number of rotatable bonds is 8. The molecule has 9 heteroatoms. The third-order valence-electron chi connectivity index (χ3n) is 7.98. The number of carbonyl (C=O) groups is 1. The van der Waals surface area contributed by atoms with Crippen molar-refractivity contribution in [2.45, 2.75) is 70.8 Å². The average Bonchev–Trinajstić information content (AvgIpc) is 2.79. The summed E-state index contributed by atoms with van der Waals surface area (Å²) in [5.41, 5.74) is 8.12. The first-order chi connectivity index (χ1) is 16.3. The number of carbonyl (C=O) groups excluding carboxylic acids is 1. The topological polar surface area (TPSA) is 78.6 Å². The number of nitrogen functional groups attached to an aromatic ring is 1. The number of halogens is 2. The minimum atomic E-state index is -2.53. The Morgan fingerprint density at radius 1 is 1.24 bits per heavy atom. The summed E-state index contributed by atoms with van der Waals surface area (Å²) in [6, 6.07) is 0.477. The van der Waals surface area contributed by atoms with Crippen molar-refractivity contribution in [3.63, 3.8) is 0 Å². The molecular weight excluding hydrogens is 438 g/mol. The van der Waals surface area contributed by atoms with Gasteiger partial charge in [0, 0.05) is 76.5 Å². The Morgan fingerprint density at radius 3 is 2.71 bits per heavy atom. The van der Waals surface area contributed by atoms with Crippen LogP contribution in [-0.4, -0.2) is 88.4 Å². The summed E-state index contributed by atoms with van der Waals surface area (Å²) >= 11 is 0. The molecule has 7 nitrogen and oxygen atoms in total. The van der Waals surface area contributed by atoms with Crippen molar-refractivity contribution in [3.8, 4) is 0 Å². The van der Waals surface area contributed by atoms with Crippen molar-refractivity contribution < 1.29 is 13.6 Å². The number of hydrogen-bond acceptors (Lipinski definition) is 6. The van der Waals surface area contributed by atoms with Crippen LogP contribution in [0.15, 0.2) is 6.20 Å². The van der Waals surface area contributed by atoms with E-state index in [0.29, 0.717) is 63.0 Å². The highest BCUT2D eigenvalue weighted by atomic mass is 19.3. The highest BCUT2D eigenvalue weighted by molar-refractivity contribution is 5.76. The van der Waals surface area contributed by atoms with E-state index in [-0.39, 0.29) is 18.7 Å². The number of likely N-dealkylation sites (N-methyl/N-ethyl adjacent to an activating group) is 1. The van der Waals surface area contributed by atoms with Crippen molar-refractivity contribution in [1.82, 2.24) is 24.7 Å². The summed E-state index contributed by atoms with van der Waals surface area (Å²) in [5, 5.41) is 0. The second-order valence-corrected chi connectivity index (χ2v) is 10.4. The molecule has 0 bridgehead atoms. The van der Waals surface area contributed by atoms with Gasteiger partial charge >= 0.3 is 0 Å². The standard InChI is InChI=1S/C25H40F2N6O/c1-3-7-33-17-18(12-19-14-21-20(15-22(19)33)16-29-24(28)30-21)13-23(34)32(4-2)11-10-31-8-5-25(26,27)6-9-31/h16,18-19,22H,3-15,17H2,1-2H3,(H2,28,29,30)/t18-,19-,22-/m1/s1. The van der Waals surface area contributed by atoms with Crippen molar-refractivity contribution >= 4 is 11.9 Å². The largest absolute Gasteiger partial charge is 0.368 e. The summed E-state index contributed by atoms with van der Waals surface area (Å²) in [5.74, 6) is -1.21. The molecule has 2 saturated heterocycles. The van der Waals surface area contributed by atoms with Gasteiger partial charge in [0.1, 0.15) is 0 Å². The number of anilines is 1. The molecular formula is C25H40F2N6O. The molecule has 190 valence electrons. The molecule has 3 atom stereocenters. The molecule has 4 rings (SSSR count). The Labute approximate surface area is 202 Å². The van der Waals surface area contributed by atoms with E-state index in [1.54, 1.807) is 0 Å². The zero-order chi connectivity index (χ0) is 24.3. The normalized spacial score (nSPS) is 27.1. The summed E-state index contributed by atoms with van der Waals surface area (Å²) < 4.78 is 26.9. The van der Waals surface area contributed by atoms with E-state index in [4.69, 9.17) is 5.73 Å². The number of piperidine rings is 2. The van der Waals surface area contributed by atoms with Crippen molar-refractivity contribution in [2.24, 2.45) is 11.8 Å². The third kappa shape index (κ3) is 6.03. The summed E-state index contributed by atoms with van der Waals surface area (Å²) in [7, 11) is 0. The second kappa shape index (κ2) is 10.8. The molecule has 3 aliphatic rings. The molecule has 1 aromatic rings. The number of nitrogens with zero attached hydrogens (tertiary/aromatic N) is 5. The van der Waals surface area contributed by atoms with Gasteiger partial charge in [-0.05, 0) is 56.6 Å². The molecule has 0 aromatic carbocycles. The number of aromatic nitrogens is 2. The third-order valence-corrected chi connectivity index (χ3v) is 7.98. The van der Waals surface area contributed by atoms with Crippen LogP contribution in [0.1, 0.15) is 57.2 Å². The van der Waals surface area contributed by atoms with Gasteiger partial charge in [0.2, 0.25) is 11.9 Å². The van der Waals surface area contributed by atoms with Crippen LogP contribution >= 0.6 is 0 Å². The molecule has 2 fully saturated rings. The smallest absolute Gasteiger partial charge is 0.250 e. The first kappa shape index (κ1) is 25.2. The van der Waals surface area contributed by atoms with Crippen LogP contribution < -0.4 is 5.73 Å². The predicted octanol–water partition coefficient (Wildman–Crippen LogP) is 2.84. The Balaban J connectivity index is 1.34. The number of fused-ring (bicyclic) bond motifs is 2. The quantitative estimate of drug-likeness (QED) is 0.619. The lowest BCUT2D eigenvalue weighted by Gasteiger charge is -2.47. The highest BCUT2D eigenvalue weighted by Crippen LogP contribution is 2.38. The van der Waals surface area contributed by atoms with Gasteiger partial charge in [-0.3, -0.25) is 9.69 Å². The summed E-state index contributed by atoms with van der Waals surface area (Å²) in [6.07, 6.45) is 6.25. The van der Waals surface area contributed by atoms with E-state index in [2.05, 4.69) is 26.7 Å². The van der Waals surface area contributed by atoms with Crippen molar-refractivity contribution in [3.05, 3.63) is 17.5 Å². The van der Waals surface area contributed by atoms with Gasteiger partial charge in [-0.1, -0.05) is 6.92 Å². The first-order valence-electron chi connectivity index (χ1n) is 13.0. The van der Waals surface area contributed by atoms with Crippen LogP contribution in [0, 0.1) is 11.8 Å². The molecule has 1 aromatic heterocycles. The zero-order valence-electron chi connectivity index (χ0n) is 20.7. The van der Waals surface area contributed by atoms with Crippen LogP contribution in [0.25, 0.3) is 0 Å². The second-order valence-electron chi connectivity index (χ2n) is 10.4. The van der Waals surface area contributed by atoms with E-state index >= 15 is 0 Å². The van der Waals surface area contributed by atoms with Gasteiger partial charge in [0.25, 0.3) is 5.92 Å². The Kier molecular flexibility index (Phi) is 8.02. The first-order valence-corrected chi connectivity index (χ1v) is 13.0. The fraction of sp³-hybridized carbons (Fsp3) is 0.800. The van der Waals surface area contributed by atoms with Crippen LogP contribution in [0.3, 0.4) is 0 Å². The maximum absolute atomic E-state index is 13.4. The number of hydrogen-bond donors (Lipinski definition) is 1. The Morgan fingerprint density at radius 2 is 2.00 bits per heavy atom. The van der Waals surface area contributed by atoms with Crippen LogP contribution in [0.2, 0.25) is 0 Å². The molecule has 34 heavy (non-hydrogen) atoms. The van der Waals surface area contributed by atoms with Crippen LogP contribution in [0.5, 0.6) is 0 Å². The van der Waals surface area contributed by atoms with Gasteiger partial charge in [0.15, 0.2) is 0 Å². The molecule has 3 heterocycles. The zero-order valence-corrected chi connectivity index (χ0v) is 20.7. The molecule has 2 aliphatic heterocycles. The number of nitrogens with two attached hydrogens (primary N) is 1. The number of amides is 1. The fourth-order valence-corrected chi connectivity index (χ4v) is 6.11. The van der Waals surface area contributed by atoms with Gasteiger partial charge in [-0.15, -0.1) is 0 Å². The summed E-state index contributed by atoms with van der Waals surface area (Å²) in [6.45, 7) is 8.96. The lowest BCUT2D eigenvalue weighted by Crippen LogP contribution is -2.53. The fourth-order valence-electron chi connectivity index (χ4n) is 6.11. The maximum Gasteiger partial charge on any atom is 0.250 e. The van der Waals surface area contributed by atoms with E-state index < -0.39 is 5.92 Å². The number of alkyl halides is 2. The van der Waals surface area contributed by atoms with Crippen molar-refractivity contribution in [2.75, 3.05) is 51.5 Å². The lowest BCUT2D eigenvalue weighted by atomic mass is 9.73. The molecule has 1 amide bonds. The van der Waals surface area contributed by atoms with Gasteiger partial charge in [0.05, 0.1) is 0 Å². The molecule has 0 unspecified atom stereocenters. The Hall–Kier alpha value is -1.87. The molecule has 0 spiro atoms. The maximum atomic E-state index is 13.4. The van der Waals surface area contributed by atoms with E-state index in [1.165, 1.54) is 5.56 Å². The van der Waals surface area contributed by atoms with E-state index in [1.807, 2.05) is 18.0 Å². The van der Waals surface area contributed by atoms with E-state index in [9.17, 15) is 13.6 Å². The SMILES string of the molecule is CCCN1C[C@@H](CC(=O)N(CC)CCN2CCC(F)(F)CC2)C[C@@H]2Cc3nc(N)ncc3C[C@H]21. The van der Waals surface area contributed by atoms with Crippen molar-refractivity contribution in [1.29, 1.82) is 0 Å². The Bertz CT molecular complexity index is 843. The van der Waals surface area contributed by atoms with Gasteiger partial charge < -0.3 is 15.5 Å². The molecule has 0 radical (unpaired) electrons. The summed E-state index contributed by atoms with van der Waals surface area (Å²) in [4.78, 5) is 28.5. The highest BCUT2D eigenvalue weighted by Gasteiger charge is 2.40. The van der Waals surface area contributed by atoms with Gasteiger partial charge in [-0.25, -0.2) is 18.7 Å². The van der Waals surface area contributed by atoms with Crippen LogP contribution in [-0.2, 0) is 17.6 Å². The minimum absolute atomic E-state index is 0.0787. The molecule has 2 N–H and O–H groups in total. The minimum Gasteiger partial charge on any atom is -0.368 e. The lowest BCUT2D eigenvalue weighted by molar-refractivity contribution is -0.133. The van der Waals surface area contributed by atoms with Gasteiger partial charge in [-0.2, -0.15) is 0 Å².